The second-order valence-electron chi connectivity index (χ2n) is 6.90. The van der Waals surface area contributed by atoms with E-state index < -0.39 is 0 Å². The van der Waals surface area contributed by atoms with Crippen molar-refractivity contribution in [1.82, 2.24) is 24.9 Å². The van der Waals surface area contributed by atoms with Gasteiger partial charge in [0.2, 0.25) is 5.91 Å². The Morgan fingerprint density at radius 1 is 1.30 bits per heavy atom. The lowest BCUT2D eigenvalue weighted by Crippen LogP contribution is -2.50. The number of nitrogens with zero attached hydrogens (tertiary/aromatic N) is 5. The second kappa shape index (κ2) is 6.86. The van der Waals surface area contributed by atoms with Gasteiger partial charge in [-0.05, 0) is 6.42 Å². The largest absolute Gasteiger partial charge is 0.370 e. The molecule has 2 atom stereocenters. The van der Waals surface area contributed by atoms with E-state index in [1.54, 1.807) is 17.5 Å². The minimum Gasteiger partial charge on any atom is -0.370 e. The normalized spacial score (nSPS) is 21.6. The molecule has 3 aromatic rings. The van der Waals surface area contributed by atoms with Crippen LogP contribution >= 0.6 is 11.3 Å². The van der Waals surface area contributed by atoms with Crippen molar-refractivity contribution < 1.29 is 9.53 Å². The van der Waals surface area contributed by atoms with Crippen molar-refractivity contribution in [2.24, 2.45) is 0 Å². The van der Waals surface area contributed by atoms with E-state index in [0.717, 1.165) is 28.4 Å². The third-order valence-corrected chi connectivity index (χ3v) is 6.13. The van der Waals surface area contributed by atoms with Gasteiger partial charge in [-0.15, -0.1) is 16.4 Å². The molecule has 0 unspecified atom stereocenters. The van der Waals surface area contributed by atoms with Gasteiger partial charge in [0.05, 0.1) is 42.8 Å². The molecule has 0 N–H and O–H groups in total. The third-order valence-electron chi connectivity index (χ3n) is 5.19. The number of likely N-dealkylation sites (tertiary alicyclic amines) is 1. The average Bonchev–Trinajstić information content (AvgIpc) is 3.37. The fraction of sp³-hybridized carbons (Fsp3) is 0.368. The molecule has 1 aromatic carbocycles. The SMILES string of the molecule is O=C(Cc1csc(-c2ccccc2)n1)N1CC[C@@H]2OCc3cnnn3[C@@H]2C1. The number of aromatic nitrogens is 4. The number of hydrogen-bond acceptors (Lipinski definition) is 6. The van der Waals surface area contributed by atoms with Crippen molar-refractivity contribution in [2.75, 3.05) is 13.1 Å². The van der Waals surface area contributed by atoms with Crippen LogP contribution in [0.2, 0.25) is 0 Å². The Balaban J connectivity index is 1.28. The highest BCUT2D eigenvalue weighted by atomic mass is 32.1. The van der Waals surface area contributed by atoms with Crippen LogP contribution in [0.4, 0.5) is 0 Å². The average molecular weight is 381 g/mol. The van der Waals surface area contributed by atoms with Gasteiger partial charge >= 0.3 is 0 Å². The second-order valence-corrected chi connectivity index (χ2v) is 7.76. The number of carbonyl (C=O) groups is 1. The summed E-state index contributed by atoms with van der Waals surface area (Å²) in [5, 5.41) is 11.1. The highest BCUT2D eigenvalue weighted by molar-refractivity contribution is 7.13. The maximum atomic E-state index is 12.8. The number of thiazole rings is 1. The molecule has 1 saturated heterocycles. The first-order valence-electron chi connectivity index (χ1n) is 9.06. The summed E-state index contributed by atoms with van der Waals surface area (Å²) in [6, 6.07) is 10.1. The molecule has 2 aliphatic heterocycles. The summed E-state index contributed by atoms with van der Waals surface area (Å²) in [5.74, 6) is 0.102. The van der Waals surface area contributed by atoms with E-state index >= 15 is 0 Å². The predicted molar refractivity (Wildman–Crippen MR) is 100 cm³/mol. The van der Waals surface area contributed by atoms with E-state index in [0.29, 0.717) is 26.1 Å². The summed E-state index contributed by atoms with van der Waals surface area (Å²) in [4.78, 5) is 19.4. The molecule has 138 valence electrons. The molecule has 8 heteroatoms. The smallest absolute Gasteiger partial charge is 0.228 e. The molecule has 0 bridgehead atoms. The summed E-state index contributed by atoms with van der Waals surface area (Å²) in [6.07, 6.45) is 2.98. The van der Waals surface area contributed by atoms with Crippen molar-refractivity contribution in [3.05, 3.63) is 53.3 Å². The minimum atomic E-state index is 0.0456. The molecule has 1 fully saturated rings. The van der Waals surface area contributed by atoms with Crippen LogP contribution in [0.5, 0.6) is 0 Å². The Morgan fingerprint density at radius 3 is 3.07 bits per heavy atom. The lowest BCUT2D eigenvalue weighted by atomic mass is 10.00. The van der Waals surface area contributed by atoms with E-state index in [-0.39, 0.29) is 18.1 Å². The topological polar surface area (TPSA) is 73.1 Å². The predicted octanol–water partition coefficient (Wildman–Crippen LogP) is 2.32. The van der Waals surface area contributed by atoms with Crippen molar-refractivity contribution >= 4 is 17.2 Å². The summed E-state index contributed by atoms with van der Waals surface area (Å²) < 4.78 is 7.84. The van der Waals surface area contributed by atoms with E-state index in [1.165, 1.54) is 0 Å². The maximum absolute atomic E-state index is 12.8. The van der Waals surface area contributed by atoms with Crippen LogP contribution in [0.15, 0.2) is 41.9 Å². The van der Waals surface area contributed by atoms with E-state index in [1.807, 2.05) is 45.3 Å². The molecular weight excluding hydrogens is 362 g/mol. The molecule has 27 heavy (non-hydrogen) atoms. The summed E-state index contributed by atoms with van der Waals surface area (Å²) >= 11 is 1.58. The molecule has 2 aliphatic rings. The molecule has 0 saturated carbocycles. The van der Waals surface area contributed by atoms with Crippen LogP contribution in [-0.4, -0.2) is 50.0 Å². The standard InChI is InChI=1S/C19H19N5O2S/c25-18(8-14-12-27-19(21-14)13-4-2-1-3-5-13)23-7-6-17-16(10-23)24-15(11-26-17)9-20-22-24/h1-5,9,12,16-17H,6-8,10-11H2/t16-,17+/m1/s1. The zero-order valence-corrected chi connectivity index (χ0v) is 15.5. The van der Waals surface area contributed by atoms with E-state index in [9.17, 15) is 4.79 Å². The van der Waals surface area contributed by atoms with Gasteiger partial charge in [-0.2, -0.15) is 0 Å². The van der Waals surface area contributed by atoms with Crippen LogP contribution < -0.4 is 0 Å². The highest BCUT2D eigenvalue weighted by Crippen LogP contribution is 2.30. The van der Waals surface area contributed by atoms with Gasteiger partial charge in [-0.1, -0.05) is 35.5 Å². The quantitative estimate of drug-likeness (QED) is 0.696. The van der Waals surface area contributed by atoms with Gasteiger partial charge in [0, 0.05) is 24.0 Å². The molecule has 5 rings (SSSR count). The van der Waals surface area contributed by atoms with Gasteiger partial charge in [0.15, 0.2) is 0 Å². The molecule has 7 nitrogen and oxygen atoms in total. The van der Waals surface area contributed by atoms with Gasteiger partial charge in [-0.25, -0.2) is 9.67 Å². The summed E-state index contributed by atoms with van der Waals surface area (Å²) in [7, 11) is 0. The van der Waals surface area contributed by atoms with Gasteiger partial charge < -0.3 is 9.64 Å². The summed E-state index contributed by atoms with van der Waals surface area (Å²) in [6.45, 7) is 1.86. The molecule has 1 amide bonds. The van der Waals surface area contributed by atoms with Crippen molar-refractivity contribution in [2.45, 2.75) is 31.6 Å². The number of ether oxygens (including phenoxy) is 1. The first-order chi connectivity index (χ1) is 13.3. The molecule has 4 heterocycles. The summed E-state index contributed by atoms with van der Waals surface area (Å²) in [5.41, 5.74) is 2.88. The number of rotatable bonds is 3. The maximum Gasteiger partial charge on any atom is 0.228 e. The lowest BCUT2D eigenvalue weighted by molar-refractivity contribution is -0.137. The fourth-order valence-corrected chi connectivity index (χ4v) is 4.60. The molecule has 0 spiro atoms. The van der Waals surface area contributed by atoms with Crippen LogP contribution in [-0.2, 0) is 22.6 Å². The van der Waals surface area contributed by atoms with Crippen molar-refractivity contribution in [3.63, 3.8) is 0 Å². The van der Waals surface area contributed by atoms with E-state index in [4.69, 9.17) is 4.74 Å². The Labute approximate surface area is 160 Å². The number of benzene rings is 1. The van der Waals surface area contributed by atoms with Crippen LogP contribution in [0, 0.1) is 0 Å². The minimum absolute atomic E-state index is 0.0456. The Kier molecular flexibility index (Phi) is 4.21. The highest BCUT2D eigenvalue weighted by Gasteiger charge is 2.37. The first-order valence-corrected chi connectivity index (χ1v) is 9.94. The van der Waals surface area contributed by atoms with E-state index in [2.05, 4.69) is 15.3 Å². The Hall–Kier alpha value is -2.58. The zero-order valence-electron chi connectivity index (χ0n) is 14.7. The lowest BCUT2D eigenvalue weighted by Gasteiger charge is -2.41. The molecular formula is C19H19N5O2S. The van der Waals surface area contributed by atoms with Crippen LogP contribution in [0.1, 0.15) is 23.9 Å². The number of fused-ring (bicyclic) bond motifs is 3. The third kappa shape index (κ3) is 3.15. The van der Waals surface area contributed by atoms with Crippen molar-refractivity contribution in [3.8, 4) is 10.6 Å². The Morgan fingerprint density at radius 2 is 2.19 bits per heavy atom. The first kappa shape index (κ1) is 16.6. The van der Waals surface area contributed by atoms with Crippen LogP contribution in [0.25, 0.3) is 10.6 Å². The number of piperidine rings is 1. The Bertz CT molecular complexity index is 954. The van der Waals surface area contributed by atoms with Crippen LogP contribution in [0.3, 0.4) is 0 Å². The van der Waals surface area contributed by atoms with Gasteiger partial charge in [0.25, 0.3) is 0 Å². The molecule has 2 aromatic heterocycles. The molecule has 0 aliphatic carbocycles. The number of carbonyl (C=O) groups excluding carboxylic acids is 1. The number of amides is 1. The van der Waals surface area contributed by atoms with Gasteiger partial charge in [-0.3, -0.25) is 4.79 Å². The number of hydrogen-bond donors (Lipinski definition) is 0. The fourth-order valence-electron chi connectivity index (χ4n) is 3.77. The zero-order chi connectivity index (χ0) is 18.2. The monoisotopic (exact) mass is 381 g/mol. The van der Waals surface area contributed by atoms with Crippen molar-refractivity contribution in [1.29, 1.82) is 0 Å². The molecule has 0 radical (unpaired) electrons. The van der Waals surface area contributed by atoms with Gasteiger partial charge in [0.1, 0.15) is 5.01 Å².